The fourth-order valence-electron chi connectivity index (χ4n) is 1.89. The first-order valence-electron chi connectivity index (χ1n) is 6.07. The molecule has 1 aromatic carbocycles. The van der Waals surface area contributed by atoms with Gasteiger partial charge in [-0.2, -0.15) is 0 Å². The van der Waals surface area contributed by atoms with Crippen LogP contribution < -0.4 is 15.2 Å². The number of fused-ring (bicyclic) bond motifs is 1. The summed E-state index contributed by atoms with van der Waals surface area (Å²) in [7, 11) is 0. The number of aliphatic hydroxyl groups excluding tert-OH is 1. The molecule has 0 amide bonds. The first-order chi connectivity index (χ1) is 8.31. The number of nitrogens with two attached hydrogens (primary N) is 1. The molecule has 0 spiro atoms. The molecule has 1 atom stereocenters. The van der Waals surface area contributed by atoms with Crippen molar-refractivity contribution in [2.45, 2.75) is 25.3 Å². The number of benzene rings is 1. The summed E-state index contributed by atoms with van der Waals surface area (Å²) in [5, 5.41) is 8.79. The minimum absolute atomic E-state index is 0.0562. The van der Waals surface area contributed by atoms with E-state index < -0.39 is 0 Å². The van der Waals surface area contributed by atoms with Crippen LogP contribution in [-0.2, 0) is 0 Å². The Kier molecular flexibility index (Phi) is 4.23. The highest BCUT2D eigenvalue weighted by Crippen LogP contribution is 2.32. The average molecular weight is 237 g/mol. The Labute approximate surface area is 101 Å². The molecule has 1 aromatic rings. The molecular weight excluding hydrogens is 218 g/mol. The third-order valence-electron chi connectivity index (χ3n) is 2.87. The van der Waals surface area contributed by atoms with Gasteiger partial charge in [0.2, 0.25) is 0 Å². The summed E-state index contributed by atoms with van der Waals surface area (Å²) >= 11 is 0. The van der Waals surface area contributed by atoms with Gasteiger partial charge in [-0.05, 0) is 30.5 Å². The van der Waals surface area contributed by atoms with Crippen molar-refractivity contribution in [2.24, 2.45) is 5.73 Å². The molecule has 1 unspecified atom stereocenters. The van der Waals surface area contributed by atoms with E-state index in [9.17, 15) is 0 Å². The van der Waals surface area contributed by atoms with Crippen LogP contribution in [-0.4, -0.2) is 24.9 Å². The molecule has 3 N–H and O–H groups in total. The van der Waals surface area contributed by atoms with Gasteiger partial charge < -0.3 is 20.3 Å². The van der Waals surface area contributed by atoms with Gasteiger partial charge >= 0.3 is 0 Å². The molecule has 4 heteroatoms. The highest BCUT2D eigenvalue weighted by molar-refractivity contribution is 5.44. The second-order valence-corrected chi connectivity index (χ2v) is 4.23. The van der Waals surface area contributed by atoms with Crippen LogP contribution in [0.25, 0.3) is 0 Å². The lowest BCUT2D eigenvalue weighted by atomic mass is 10.0. The normalized spacial score (nSPS) is 16.4. The van der Waals surface area contributed by atoms with Gasteiger partial charge in [-0.15, -0.1) is 0 Å². The van der Waals surface area contributed by atoms with Crippen molar-refractivity contribution in [3.63, 3.8) is 0 Å². The van der Waals surface area contributed by atoms with Crippen molar-refractivity contribution < 1.29 is 14.6 Å². The number of aliphatic hydroxyl groups is 1. The van der Waals surface area contributed by atoms with Crippen LogP contribution in [0.2, 0.25) is 0 Å². The largest absolute Gasteiger partial charge is 0.490 e. The molecule has 17 heavy (non-hydrogen) atoms. The van der Waals surface area contributed by atoms with Crippen molar-refractivity contribution in [1.82, 2.24) is 0 Å². The molecule has 0 fully saturated rings. The van der Waals surface area contributed by atoms with E-state index in [2.05, 4.69) is 0 Å². The predicted molar refractivity (Wildman–Crippen MR) is 65.3 cm³/mol. The van der Waals surface area contributed by atoms with Gasteiger partial charge in [-0.25, -0.2) is 0 Å². The lowest BCUT2D eigenvalue weighted by Gasteiger charge is -2.14. The maximum absolute atomic E-state index is 8.79. The summed E-state index contributed by atoms with van der Waals surface area (Å²) in [6.45, 7) is 1.56. The summed E-state index contributed by atoms with van der Waals surface area (Å²) in [5.41, 5.74) is 7.08. The maximum atomic E-state index is 8.79. The molecule has 1 heterocycles. The standard InChI is InChI=1S/C13H19NO3/c14-11(3-1-6-15)10-4-5-12-13(9-10)17-8-2-7-16-12/h4-5,9,11,15H,1-3,6-8,14H2. The van der Waals surface area contributed by atoms with Crippen molar-refractivity contribution in [2.75, 3.05) is 19.8 Å². The van der Waals surface area contributed by atoms with Crippen LogP contribution in [0.4, 0.5) is 0 Å². The molecule has 0 aliphatic carbocycles. The van der Waals surface area contributed by atoms with Crippen LogP contribution in [0, 0.1) is 0 Å². The van der Waals surface area contributed by atoms with Crippen molar-refractivity contribution in [3.8, 4) is 11.5 Å². The first kappa shape index (κ1) is 12.2. The van der Waals surface area contributed by atoms with Gasteiger partial charge in [0.05, 0.1) is 13.2 Å². The molecular formula is C13H19NO3. The summed E-state index contributed by atoms with van der Waals surface area (Å²) in [4.78, 5) is 0. The zero-order chi connectivity index (χ0) is 12.1. The third-order valence-corrected chi connectivity index (χ3v) is 2.87. The van der Waals surface area contributed by atoms with E-state index in [1.165, 1.54) is 0 Å². The fraction of sp³-hybridized carbons (Fsp3) is 0.538. The SMILES string of the molecule is NC(CCCO)c1ccc2c(c1)OCCCO2. The summed E-state index contributed by atoms with van der Waals surface area (Å²) in [5.74, 6) is 1.57. The third kappa shape index (κ3) is 3.11. The van der Waals surface area contributed by atoms with Crippen LogP contribution in [0.15, 0.2) is 18.2 Å². The predicted octanol–water partition coefficient (Wildman–Crippen LogP) is 1.62. The number of rotatable bonds is 4. The molecule has 1 aliphatic heterocycles. The van der Waals surface area contributed by atoms with Crippen molar-refractivity contribution in [3.05, 3.63) is 23.8 Å². The van der Waals surface area contributed by atoms with Gasteiger partial charge in [-0.3, -0.25) is 0 Å². The van der Waals surface area contributed by atoms with Crippen LogP contribution in [0.5, 0.6) is 11.5 Å². The molecule has 0 saturated heterocycles. The minimum atomic E-state index is -0.0562. The second kappa shape index (κ2) is 5.89. The van der Waals surface area contributed by atoms with Crippen LogP contribution >= 0.6 is 0 Å². The monoisotopic (exact) mass is 237 g/mol. The van der Waals surface area contributed by atoms with E-state index in [0.717, 1.165) is 36.3 Å². The van der Waals surface area contributed by atoms with E-state index in [1.807, 2.05) is 18.2 Å². The molecule has 2 rings (SSSR count). The molecule has 0 aromatic heterocycles. The Balaban J connectivity index is 2.11. The summed E-state index contributed by atoms with van der Waals surface area (Å²) < 4.78 is 11.2. The number of ether oxygens (including phenoxy) is 2. The van der Waals surface area contributed by atoms with Crippen LogP contribution in [0.1, 0.15) is 30.9 Å². The Bertz CT molecular complexity index is 368. The topological polar surface area (TPSA) is 64.7 Å². The smallest absolute Gasteiger partial charge is 0.161 e. The average Bonchev–Trinajstić information content (AvgIpc) is 2.60. The highest BCUT2D eigenvalue weighted by atomic mass is 16.5. The molecule has 4 nitrogen and oxygen atoms in total. The van der Waals surface area contributed by atoms with Gasteiger partial charge in [0.1, 0.15) is 0 Å². The molecule has 1 aliphatic rings. The highest BCUT2D eigenvalue weighted by Gasteiger charge is 2.13. The zero-order valence-corrected chi connectivity index (χ0v) is 9.89. The molecule has 0 saturated carbocycles. The van der Waals surface area contributed by atoms with Crippen LogP contribution in [0.3, 0.4) is 0 Å². The Morgan fingerprint density at radius 3 is 2.76 bits per heavy atom. The molecule has 0 radical (unpaired) electrons. The lowest BCUT2D eigenvalue weighted by Crippen LogP contribution is -2.11. The van der Waals surface area contributed by atoms with E-state index in [-0.39, 0.29) is 12.6 Å². The molecule has 94 valence electrons. The maximum Gasteiger partial charge on any atom is 0.161 e. The fourth-order valence-corrected chi connectivity index (χ4v) is 1.89. The van der Waals surface area contributed by atoms with Gasteiger partial charge in [0.25, 0.3) is 0 Å². The quantitative estimate of drug-likeness (QED) is 0.835. The van der Waals surface area contributed by atoms with Gasteiger partial charge in [-0.1, -0.05) is 6.07 Å². The Hall–Kier alpha value is -1.26. The van der Waals surface area contributed by atoms with Crippen molar-refractivity contribution in [1.29, 1.82) is 0 Å². The van der Waals surface area contributed by atoms with E-state index >= 15 is 0 Å². The number of hydrogen-bond donors (Lipinski definition) is 2. The van der Waals surface area contributed by atoms with Gasteiger partial charge in [0, 0.05) is 19.1 Å². The first-order valence-corrected chi connectivity index (χ1v) is 6.07. The Morgan fingerprint density at radius 2 is 2.00 bits per heavy atom. The Morgan fingerprint density at radius 1 is 1.24 bits per heavy atom. The van der Waals surface area contributed by atoms with E-state index in [0.29, 0.717) is 13.2 Å². The van der Waals surface area contributed by atoms with E-state index in [4.69, 9.17) is 20.3 Å². The summed E-state index contributed by atoms with van der Waals surface area (Å²) in [6.07, 6.45) is 2.40. The molecule has 0 bridgehead atoms. The zero-order valence-electron chi connectivity index (χ0n) is 9.89. The van der Waals surface area contributed by atoms with Crippen molar-refractivity contribution >= 4 is 0 Å². The summed E-state index contributed by atoms with van der Waals surface area (Å²) in [6, 6.07) is 5.77. The minimum Gasteiger partial charge on any atom is -0.490 e. The van der Waals surface area contributed by atoms with Gasteiger partial charge in [0.15, 0.2) is 11.5 Å². The lowest BCUT2D eigenvalue weighted by molar-refractivity contribution is 0.280. The second-order valence-electron chi connectivity index (χ2n) is 4.23. The number of hydrogen-bond acceptors (Lipinski definition) is 4. The van der Waals surface area contributed by atoms with E-state index in [1.54, 1.807) is 0 Å².